The zero-order valence-electron chi connectivity index (χ0n) is 15.1. The Morgan fingerprint density at radius 1 is 1.12 bits per heavy atom. The third-order valence-corrected chi connectivity index (χ3v) is 7.54. The summed E-state index contributed by atoms with van der Waals surface area (Å²) in [6, 6.07) is 13.3. The van der Waals surface area contributed by atoms with Gasteiger partial charge in [0, 0.05) is 54.2 Å². The van der Waals surface area contributed by atoms with E-state index in [-0.39, 0.29) is 0 Å². The predicted molar refractivity (Wildman–Crippen MR) is 110 cm³/mol. The van der Waals surface area contributed by atoms with E-state index in [1.165, 1.54) is 23.4 Å². The van der Waals surface area contributed by atoms with Crippen molar-refractivity contribution in [3.05, 3.63) is 52.2 Å². The number of likely N-dealkylation sites (tertiary alicyclic amines) is 1. The average Bonchev–Trinajstić information content (AvgIpc) is 3.17. The molecule has 1 saturated heterocycles. The molecule has 1 amide bonds. The van der Waals surface area contributed by atoms with Crippen molar-refractivity contribution in [3.8, 4) is 0 Å². The van der Waals surface area contributed by atoms with Gasteiger partial charge in [0.1, 0.15) is 0 Å². The smallest absolute Gasteiger partial charge is 0.223 e. The summed E-state index contributed by atoms with van der Waals surface area (Å²) in [6.45, 7) is 4.13. The first kappa shape index (κ1) is 18.1. The molecule has 0 saturated carbocycles. The van der Waals surface area contributed by atoms with Crippen LogP contribution in [-0.2, 0) is 17.8 Å². The molecule has 1 aromatic carbocycles. The summed E-state index contributed by atoms with van der Waals surface area (Å²) in [4.78, 5) is 20.0. The zero-order chi connectivity index (χ0) is 17.8. The normalized spacial score (nSPS) is 18.7. The van der Waals surface area contributed by atoms with Gasteiger partial charge in [-0.05, 0) is 48.4 Å². The molecular formula is C21H26N2OS2. The molecule has 4 rings (SSSR count). The van der Waals surface area contributed by atoms with Gasteiger partial charge in [0.2, 0.25) is 5.91 Å². The second-order valence-corrected chi connectivity index (χ2v) is 9.28. The quantitative estimate of drug-likeness (QED) is 0.717. The summed E-state index contributed by atoms with van der Waals surface area (Å²) >= 11 is 3.68. The highest BCUT2D eigenvalue weighted by molar-refractivity contribution is 7.99. The number of fused-ring (bicyclic) bond motifs is 1. The van der Waals surface area contributed by atoms with Crippen LogP contribution in [0.3, 0.4) is 0 Å². The lowest BCUT2D eigenvalue weighted by Gasteiger charge is -2.40. The summed E-state index contributed by atoms with van der Waals surface area (Å²) in [7, 11) is 0. The third-order valence-electron chi connectivity index (χ3n) is 5.50. The summed E-state index contributed by atoms with van der Waals surface area (Å²) in [6.07, 6.45) is 4.09. The monoisotopic (exact) mass is 386 g/mol. The van der Waals surface area contributed by atoms with E-state index in [1.807, 2.05) is 17.4 Å². The van der Waals surface area contributed by atoms with E-state index < -0.39 is 0 Å². The number of nitrogens with zero attached hydrogens (tertiary/aromatic N) is 2. The molecule has 138 valence electrons. The Morgan fingerprint density at radius 3 is 2.73 bits per heavy atom. The lowest BCUT2D eigenvalue weighted by molar-refractivity contribution is -0.132. The van der Waals surface area contributed by atoms with Gasteiger partial charge in [0.05, 0.1) is 0 Å². The van der Waals surface area contributed by atoms with Crippen molar-refractivity contribution >= 4 is 29.0 Å². The van der Waals surface area contributed by atoms with Crippen LogP contribution in [-0.4, -0.2) is 47.1 Å². The fraction of sp³-hybridized carbons (Fsp3) is 0.476. The van der Waals surface area contributed by atoms with Gasteiger partial charge in [-0.1, -0.05) is 18.2 Å². The van der Waals surface area contributed by atoms with Gasteiger partial charge < -0.3 is 4.90 Å². The van der Waals surface area contributed by atoms with Crippen LogP contribution in [0.4, 0.5) is 0 Å². The first-order chi connectivity index (χ1) is 12.8. The highest BCUT2D eigenvalue weighted by atomic mass is 32.2. The molecule has 1 fully saturated rings. The number of carbonyl (C=O) groups is 1. The Balaban J connectivity index is 1.20. The van der Waals surface area contributed by atoms with E-state index in [4.69, 9.17) is 0 Å². The molecule has 0 unspecified atom stereocenters. The number of amides is 1. The summed E-state index contributed by atoms with van der Waals surface area (Å²) in [5.74, 6) is 1.20. The molecule has 2 aliphatic rings. The minimum Gasteiger partial charge on any atom is -0.343 e. The second-order valence-electron chi connectivity index (χ2n) is 7.11. The number of hydrogen-bond acceptors (Lipinski definition) is 4. The average molecular weight is 387 g/mol. The SMILES string of the molecule is O=C(CCSc1ccccc1)N1CCC(N2CCc3sccc3C2)CC1. The molecule has 26 heavy (non-hydrogen) atoms. The Bertz CT molecular complexity index is 723. The maximum absolute atomic E-state index is 12.5. The van der Waals surface area contributed by atoms with E-state index in [0.717, 1.165) is 38.2 Å². The van der Waals surface area contributed by atoms with Crippen molar-refractivity contribution in [1.29, 1.82) is 0 Å². The molecule has 5 heteroatoms. The lowest BCUT2D eigenvalue weighted by atomic mass is 9.99. The Kier molecular flexibility index (Phi) is 5.98. The van der Waals surface area contributed by atoms with Crippen LogP contribution in [0.2, 0.25) is 0 Å². The molecule has 0 spiro atoms. The molecule has 2 aliphatic heterocycles. The maximum Gasteiger partial charge on any atom is 0.223 e. The van der Waals surface area contributed by atoms with Gasteiger partial charge in [-0.25, -0.2) is 0 Å². The van der Waals surface area contributed by atoms with Gasteiger partial charge in [-0.2, -0.15) is 0 Å². The topological polar surface area (TPSA) is 23.6 Å². The molecule has 3 heterocycles. The van der Waals surface area contributed by atoms with Gasteiger partial charge in [0.15, 0.2) is 0 Å². The summed E-state index contributed by atoms with van der Waals surface area (Å²) in [5.41, 5.74) is 1.53. The van der Waals surface area contributed by atoms with Crippen LogP contribution in [0.5, 0.6) is 0 Å². The highest BCUT2D eigenvalue weighted by Crippen LogP contribution is 2.28. The second kappa shape index (κ2) is 8.59. The predicted octanol–water partition coefficient (Wildman–Crippen LogP) is 4.28. The zero-order valence-corrected chi connectivity index (χ0v) is 16.7. The third kappa shape index (κ3) is 4.33. The van der Waals surface area contributed by atoms with E-state index in [0.29, 0.717) is 18.4 Å². The standard InChI is InChI=1S/C21H26N2OS2/c24-21(10-15-25-19-4-2-1-3-5-19)22-11-6-18(7-12-22)23-13-8-20-17(16-23)9-14-26-20/h1-5,9,14,18H,6-8,10-13,15-16H2. The lowest BCUT2D eigenvalue weighted by Crippen LogP contribution is -2.48. The first-order valence-electron chi connectivity index (χ1n) is 9.54. The van der Waals surface area contributed by atoms with Crippen LogP contribution in [0.25, 0.3) is 0 Å². The number of carbonyl (C=O) groups excluding carboxylic acids is 1. The van der Waals surface area contributed by atoms with E-state index in [1.54, 1.807) is 16.6 Å². The largest absolute Gasteiger partial charge is 0.343 e. The van der Waals surface area contributed by atoms with Crippen molar-refractivity contribution in [2.45, 2.75) is 43.2 Å². The minimum atomic E-state index is 0.325. The number of rotatable bonds is 5. The van der Waals surface area contributed by atoms with Crippen LogP contribution < -0.4 is 0 Å². The van der Waals surface area contributed by atoms with E-state index in [2.05, 4.69) is 45.5 Å². The summed E-state index contributed by atoms with van der Waals surface area (Å²) in [5, 5.41) is 2.23. The highest BCUT2D eigenvalue weighted by Gasteiger charge is 2.29. The maximum atomic E-state index is 12.5. The van der Waals surface area contributed by atoms with Crippen molar-refractivity contribution in [1.82, 2.24) is 9.80 Å². The molecule has 0 atom stereocenters. The van der Waals surface area contributed by atoms with Gasteiger partial charge >= 0.3 is 0 Å². The van der Waals surface area contributed by atoms with Crippen LogP contribution in [0, 0.1) is 0 Å². The molecule has 0 aliphatic carbocycles. The van der Waals surface area contributed by atoms with Gasteiger partial charge in [-0.15, -0.1) is 23.1 Å². The number of piperidine rings is 1. The molecule has 0 N–H and O–H groups in total. The summed E-state index contributed by atoms with van der Waals surface area (Å²) < 4.78 is 0. The number of hydrogen-bond donors (Lipinski definition) is 0. The molecule has 2 aromatic rings. The van der Waals surface area contributed by atoms with Crippen molar-refractivity contribution in [3.63, 3.8) is 0 Å². The van der Waals surface area contributed by atoms with Crippen LogP contribution in [0.1, 0.15) is 29.7 Å². The minimum absolute atomic E-state index is 0.325. The van der Waals surface area contributed by atoms with Crippen LogP contribution >= 0.6 is 23.1 Å². The Hall–Kier alpha value is -1.30. The van der Waals surface area contributed by atoms with Gasteiger partial charge in [0.25, 0.3) is 0 Å². The van der Waals surface area contributed by atoms with E-state index in [9.17, 15) is 4.79 Å². The Morgan fingerprint density at radius 2 is 1.92 bits per heavy atom. The number of thiophene rings is 1. The first-order valence-corrected chi connectivity index (χ1v) is 11.4. The van der Waals surface area contributed by atoms with Crippen molar-refractivity contribution in [2.75, 3.05) is 25.4 Å². The fourth-order valence-electron chi connectivity index (χ4n) is 3.99. The number of benzene rings is 1. The van der Waals surface area contributed by atoms with Crippen LogP contribution in [0.15, 0.2) is 46.7 Å². The molecule has 1 aromatic heterocycles. The molecular weight excluding hydrogens is 360 g/mol. The van der Waals surface area contributed by atoms with E-state index >= 15 is 0 Å². The fourth-order valence-corrected chi connectivity index (χ4v) is 5.75. The Labute approximate surface area is 164 Å². The van der Waals surface area contributed by atoms with Crippen molar-refractivity contribution in [2.24, 2.45) is 0 Å². The van der Waals surface area contributed by atoms with Crippen molar-refractivity contribution < 1.29 is 4.79 Å². The number of thioether (sulfide) groups is 1. The molecule has 0 radical (unpaired) electrons. The molecule has 3 nitrogen and oxygen atoms in total. The van der Waals surface area contributed by atoms with Gasteiger partial charge in [-0.3, -0.25) is 9.69 Å². The molecule has 0 bridgehead atoms.